The number of esters is 1. The molecule has 6 nitrogen and oxygen atoms in total. The van der Waals surface area contributed by atoms with Crippen LogP contribution in [0.5, 0.6) is 0 Å². The van der Waals surface area contributed by atoms with E-state index in [1.807, 2.05) is 13.8 Å². The fraction of sp³-hybridized carbons (Fsp3) is 0.833. The van der Waals surface area contributed by atoms with Crippen molar-refractivity contribution in [3.05, 3.63) is 0 Å². The molecule has 0 rings (SSSR count). The van der Waals surface area contributed by atoms with Gasteiger partial charge in [-0.15, -0.1) is 0 Å². The first-order chi connectivity index (χ1) is 8.25. The highest BCUT2D eigenvalue weighted by atomic mass is 16.5. The molecule has 0 aliphatic carbocycles. The van der Waals surface area contributed by atoms with Crippen molar-refractivity contribution in [2.24, 2.45) is 5.92 Å². The number of carboxylic acid groups (broad SMARTS) is 1. The lowest BCUT2D eigenvalue weighted by atomic mass is 9.89. The molecule has 2 atom stereocenters. The van der Waals surface area contributed by atoms with Gasteiger partial charge >= 0.3 is 11.9 Å². The number of methoxy groups -OCH3 is 1. The molecule has 18 heavy (non-hydrogen) atoms. The number of aliphatic carboxylic acids is 1. The van der Waals surface area contributed by atoms with Crippen molar-refractivity contribution in [3.8, 4) is 0 Å². The summed E-state index contributed by atoms with van der Waals surface area (Å²) in [5, 5.41) is 28.3. The molecule has 0 amide bonds. The summed E-state index contributed by atoms with van der Waals surface area (Å²) in [5.41, 5.74) is -2.48. The van der Waals surface area contributed by atoms with Gasteiger partial charge in [-0.3, -0.25) is 0 Å². The summed E-state index contributed by atoms with van der Waals surface area (Å²) >= 11 is 0. The Morgan fingerprint density at radius 3 is 2.22 bits per heavy atom. The number of rotatable bonds is 8. The van der Waals surface area contributed by atoms with Gasteiger partial charge in [-0.1, -0.05) is 26.7 Å². The van der Waals surface area contributed by atoms with Crippen molar-refractivity contribution in [1.82, 2.24) is 0 Å². The lowest BCUT2D eigenvalue weighted by molar-refractivity contribution is -0.186. The molecular weight excluding hydrogens is 240 g/mol. The van der Waals surface area contributed by atoms with Gasteiger partial charge in [0.05, 0.1) is 7.11 Å². The van der Waals surface area contributed by atoms with E-state index in [1.54, 1.807) is 0 Å². The van der Waals surface area contributed by atoms with E-state index in [-0.39, 0.29) is 6.42 Å². The van der Waals surface area contributed by atoms with E-state index in [0.717, 1.165) is 20.0 Å². The largest absolute Gasteiger partial charge is 0.479 e. The summed E-state index contributed by atoms with van der Waals surface area (Å²) in [5.74, 6) is -2.29. The van der Waals surface area contributed by atoms with Crippen LogP contribution in [0, 0.1) is 5.92 Å². The summed E-state index contributed by atoms with van der Waals surface area (Å²) in [4.78, 5) is 22.1. The van der Waals surface area contributed by atoms with Gasteiger partial charge in [-0.05, 0) is 18.8 Å². The van der Waals surface area contributed by atoms with Crippen LogP contribution in [0.25, 0.3) is 0 Å². The molecule has 0 saturated heterocycles. The summed E-state index contributed by atoms with van der Waals surface area (Å²) in [6, 6.07) is 0. The Hall–Kier alpha value is -1.14. The van der Waals surface area contributed by atoms with Gasteiger partial charge in [0.15, 0.2) is 11.7 Å². The van der Waals surface area contributed by atoms with Gasteiger partial charge in [0.1, 0.15) is 0 Å². The van der Waals surface area contributed by atoms with Gasteiger partial charge in [0.25, 0.3) is 0 Å². The van der Waals surface area contributed by atoms with Gasteiger partial charge in [0.2, 0.25) is 0 Å². The summed E-state index contributed by atoms with van der Waals surface area (Å²) < 4.78 is 4.24. The molecule has 0 aromatic carbocycles. The molecule has 0 fully saturated rings. The van der Waals surface area contributed by atoms with Crippen LogP contribution in [0.3, 0.4) is 0 Å². The maximum Gasteiger partial charge on any atom is 0.339 e. The van der Waals surface area contributed by atoms with Gasteiger partial charge < -0.3 is 20.1 Å². The first-order valence-corrected chi connectivity index (χ1v) is 5.97. The Bertz CT molecular complexity index is 288. The summed E-state index contributed by atoms with van der Waals surface area (Å²) in [6.45, 7) is 4.07. The number of carbonyl (C=O) groups excluding carboxylic acids is 1. The molecule has 0 bridgehead atoms. The van der Waals surface area contributed by atoms with Gasteiger partial charge in [-0.2, -0.15) is 0 Å². The van der Waals surface area contributed by atoms with Crippen LogP contribution in [-0.2, 0) is 14.3 Å². The van der Waals surface area contributed by atoms with Crippen LogP contribution in [0.1, 0.15) is 39.5 Å². The van der Waals surface area contributed by atoms with Gasteiger partial charge in [0, 0.05) is 0 Å². The van der Waals surface area contributed by atoms with Crippen LogP contribution < -0.4 is 0 Å². The number of aliphatic hydroxyl groups is 2. The molecule has 6 heteroatoms. The smallest absolute Gasteiger partial charge is 0.339 e. The fourth-order valence-electron chi connectivity index (χ4n) is 1.61. The second-order valence-corrected chi connectivity index (χ2v) is 4.79. The highest BCUT2D eigenvalue weighted by Gasteiger charge is 2.47. The molecule has 0 saturated carbocycles. The average molecular weight is 262 g/mol. The Morgan fingerprint density at radius 2 is 1.83 bits per heavy atom. The van der Waals surface area contributed by atoms with E-state index in [2.05, 4.69) is 4.74 Å². The van der Waals surface area contributed by atoms with E-state index in [1.165, 1.54) is 0 Å². The van der Waals surface area contributed by atoms with Crippen LogP contribution in [0.4, 0.5) is 0 Å². The molecule has 106 valence electrons. The molecular formula is C12H22O6. The monoisotopic (exact) mass is 262 g/mol. The van der Waals surface area contributed by atoms with E-state index < -0.39 is 23.6 Å². The number of aliphatic hydroxyl groups excluding tert-OH is 1. The Labute approximate surface area is 107 Å². The first-order valence-electron chi connectivity index (χ1n) is 5.97. The second-order valence-electron chi connectivity index (χ2n) is 4.79. The molecule has 3 N–H and O–H groups in total. The number of unbranched alkanes of at least 4 members (excludes halogenated alkanes) is 1. The Morgan fingerprint density at radius 1 is 1.28 bits per heavy atom. The first kappa shape index (κ1) is 16.9. The minimum absolute atomic E-state index is 0.189. The van der Waals surface area contributed by atoms with E-state index in [9.17, 15) is 19.8 Å². The maximum atomic E-state index is 11.1. The zero-order valence-corrected chi connectivity index (χ0v) is 11.0. The third-order valence-electron chi connectivity index (χ3n) is 2.84. The number of ether oxygens (including phenoxy) is 1. The predicted octanol–water partition coefficient (Wildman–Crippen LogP) is 0.552. The number of carboxylic acids is 1. The number of hydrogen-bond donors (Lipinski definition) is 3. The average Bonchev–Trinajstić information content (AvgIpc) is 2.31. The molecule has 0 aliphatic rings. The van der Waals surface area contributed by atoms with Crippen LogP contribution >= 0.6 is 0 Å². The molecule has 0 heterocycles. The van der Waals surface area contributed by atoms with Crippen molar-refractivity contribution in [3.63, 3.8) is 0 Å². The fourth-order valence-corrected chi connectivity index (χ4v) is 1.61. The van der Waals surface area contributed by atoms with E-state index in [0.29, 0.717) is 12.3 Å². The predicted molar refractivity (Wildman–Crippen MR) is 63.9 cm³/mol. The highest BCUT2D eigenvalue weighted by Crippen LogP contribution is 2.22. The zero-order chi connectivity index (χ0) is 14.3. The van der Waals surface area contributed by atoms with Crippen molar-refractivity contribution in [2.75, 3.05) is 7.11 Å². The van der Waals surface area contributed by atoms with Gasteiger partial charge in [-0.25, -0.2) is 9.59 Å². The van der Waals surface area contributed by atoms with Crippen molar-refractivity contribution in [1.29, 1.82) is 0 Å². The Kier molecular flexibility index (Phi) is 6.86. The minimum Gasteiger partial charge on any atom is -0.479 e. The molecule has 2 unspecified atom stereocenters. The van der Waals surface area contributed by atoms with Crippen LogP contribution in [-0.4, -0.2) is 46.1 Å². The molecule has 0 aliphatic heterocycles. The maximum absolute atomic E-state index is 11.1. The molecule has 0 aromatic heterocycles. The van der Waals surface area contributed by atoms with Crippen LogP contribution in [0.15, 0.2) is 0 Å². The highest BCUT2D eigenvalue weighted by molar-refractivity contribution is 5.87. The second kappa shape index (κ2) is 7.33. The Balaban J connectivity index is 4.53. The van der Waals surface area contributed by atoms with E-state index in [4.69, 9.17) is 5.11 Å². The third-order valence-corrected chi connectivity index (χ3v) is 2.84. The lowest BCUT2D eigenvalue weighted by Crippen LogP contribution is -2.53. The molecule has 0 aromatic rings. The van der Waals surface area contributed by atoms with Crippen molar-refractivity contribution < 1.29 is 29.6 Å². The number of carbonyl (C=O) groups is 2. The van der Waals surface area contributed by atoms with Crippen molar-refractivity contribution in [2.45, 2.75) is 51.2 Å². The molecule has 0 spiro atoms. The normalized spacial score (nSPS) is 16.1. The third kappa shape index (κ3) is 4.62. The summed E-state index contributed by atoms with van der Waals surface area (Å²) in [7, 11) is 1.02. The quantitative estimate of drug-likeness (QED) is 0.436. The molecule has 0 radical (unpaired) electrons. The van der Waals surface area contributed by atoms with Crippen LogP contribution in [0.2, 0.25) is 0 Å². The number of hydrogen-bond acceptors (Lipinski definition) is 5. The topological polar surface area (TPSA) is 104 Å². The van der Waals surface area contributed by atoms with Crippen molar-refractivity contribution >= 4 is 11.9 Å². The zero-order valence-electron chi connectivity index (χ0n) is 11.0. The van der Waals surface area contributed by atoms with E-state index >= 15 is 0 Å². The SMILES string of the molecule is COC(=O)C(O)C(O)(CCCCC(C)C)C(=O)O. The lowest BCUT2D eigenvalue weighted by Gasteiger charge is -2.27. The summed E-state index contributed by atoms with van der Waals surface area (Å²) in [6.07, 6.45) is -0.232. The minimum atomic E-state index is -2.48. The standard InChI is InChI=1S/C12H22O6/c1-8(2)6-4-5-7-12(17,11(15)16)9(13)10(14)18-3/h8-9,13,17H,4-7H2,1-3H3,(H,15,16).